The standard InChI is InChI=1S/C39H44N2O2/c1-24-22-37(3,4)40(7)34-18-26-14-10-9-11-15-27-19-35-30(25(2)23-38(5,6)41(35)8)21-33(27)39(32(26)20-29(24)34)31-17-13-12-16-28(31)36(42)43-39/h12-13,16-23H,9-11,14-15H2,1-8H3. The summed E-state index contributed by atoms with van der Waals surface area (Å²) in [4.78, 5) is 18.6. The minimum atomic E-state index is -1.02. The van der Waals surface area contributed by atoms with Crippen molar-refractivity contribution in [2.45, 2.75) is 90.3 Å². The van der Waals surface area contributed by atoms with Crippen LogP contribution in [-0.2, 0) is 23.2 Å². The van der Waals surface area contributed by atoms with Crippen molar-refractivity contribution >= 4 is 28.5 Å². The van der Waals surface area contributed by atoms with Crippen molar-refractivity contribution in [1.29, 1.82) is 0 Å². The van der Waals surface area contributed by atoms with Gasteiger partial charge in [0.05, 0.1) is 16.6 Å². The first-order valence-electron chi connectivity index (χ1n) is 15.9. The number of ether oxygens (including phenoxy) is 1. The van der Waals surface area contributed by atoms with Crippen LogP contribution in [0.25, 0.3) is 11.1 Å². The number of benzene rings is 3. The lowest BCUT2D eigenvalue weighted by Crippen LogP contribution is -2.43. The first-order valence-corrected chi connectivity index (χ1v) is 15.9. The number of anilines is 2. The molecule has 1 aliphatic carbocycles. The molecule has 0 unspecified atom stereocenters. The summed E-state index contributed by atoms with van der Waals surface area (Å²) in [6, 6.07) is 17.6. The van der Waals surface area contributed by atoms with Crippen molar-refractivity contribution in [2.75, 3.05) is 23.9 Å². The van der Waals surface area contributed by atoms with E-state index in [2.05, 4.69) is 114 Å². The molecular formula is C39H44N2O2. The second kappa shape index (κ2) is 9.35. The molecule has 43 heavy (non-hydrogen) atoms. The monoisotopic (exact) mass is 572 g/mol. The second-order valence-electron chi connectivity index (χ2n) is 14.3. The van der Waals surface area contributed by atoms with E-state index in [9.17, 15) is 4.79 Å². The largest absolute Gasteiger partial charge is 0.441 e. The summed E-state index contributed by atoms with van der Waals surface area (Å²) in [5.74, 6) is -0.240. The molecule has 0 atom stereocenters. The van der Waals surface area contributed by atoms with Gasteiger partial charge in [-0.05, 0) is 120 Å². The highest BCUT2D eigenvalue weighted by Gasteiger charge is 2.51. The fraction of sp³-hybridized carbons (Fsp3) is 0.410. The van der Waals surface area contributed by atoms with Gasteiger partial charge in [0.15, 0.2) is 5.60 Å². The molecule has 0 aromatic heterocycles. The van der Waals surface area contributed by atoms with Crippen molar-refractivity contribution in [2.24, 2.45) is 0 Å². The van der Waals surface area contributed by atoms with Crippen LogP contribution >= 0.6 is 0 Å². The molecule has 0 saturated heterocycles. The molecule has 3 aromatic carbocycles. The summed E-state index contributed by atoms with van der Waals surface area (Å²) >= 11 is 0. The number of esters is 1. The maximum atomic E-state index is 13.8. The fourth-order valence-corrected chi connectivity index (χ4v) is 8.12. The third-order valence-electron chi connectivity index (χ3n) is 10.8. The van der Waals surface area contributed by atoms with Gasteiger partial charge in [0.1, 0.15) is 0 Å². The number of allylic oxidation sites excluding steroid dienone is 2. The Kier molecular flexibility index (Phi) is 6.09. The Morgan fingerprint density at radius 3 is 1.65 bits per heavy atom. The van der Waals surface area contributed by atoms with E-state index in [1.165, 1.54) is 44.8 Å². The number of hydrogen-bond acceptors (Lipinski definition) is 4. The Morgan fingerprint density at radius 1 is 0.651 bits per heavy atom. The lowest BCUT2D eigenvalue weighted by atomic mass is 9.72. The average molecular weight is 573 g/mol. The smallest absolute Gasteiger partial charge is 0.340 e. The molecule has 4 heteroatoms. The summed E-state index contributed by atoms with van der Waals surface area (Å²) in [7, 11) is 4.40. The van der Waals surface area contributed by atoms with Crippen LogP contribution in [0.1, 0.15) is 110 Å². The molecule has 4 aliphatic rings. The molecule has 0 N–H and O–H groups in total. The van der Waals surface area contributed by atoms with Crippen LogP contribution in [-0.4, -0.2) is 31.1 Å². The normalized spacial score (nSPS) is 21.1. The number of fused-ring (bicyclic) bond motifs is 8. The summed E-state index contributed by atoms with van der Waals surface area (Å²) in [6.45, 7) is 13.5. The van der Waals surface area contributed by atoms with Gasteiger partial charge in [0.2, 0.25) is 0 Å². The zero-order valence-corrected chi connectivity index (χ0v) is 27.0. The van der Waals surface area contributed by atoms with Crippen LogP contribution in [0.2, 0.25) is 0 Å². The van der Waals surface area contributed by atoms with Crippen molar-refractivity contribution < 1.29 is 9.53 Å². The Morgan fingerprint density at radius 2 is 1.14 bits per heavy atom. The third-order valence-corrected chi connectivity index (χ3v) is 10.8. The highest BCUT2D eigenvalue weighted by Crippen LogP contribution is 2.54. The van der Waals surface area contributed by atoms with Gasteiger partial charge in [-0.25, -0.2) is 4.79 Å². The van der Waals surface area contributed by atoms with Gasteiger partial charge in [-0.15, -0.1) is 0 Å². The van der Waals surface area contributed by atoms with Crippen LogP contribution in [0.4, 0.5) is 11.4 Å². The molecule has 222 valence electrons. The predicted molar refractivity (Wildman–Crippen MR) is 178 cm³/mol. The molecule has 0 saturated carbocycles. The molecule has 0 radical (unpaired) electrons. The number of carbonyl (C=O) groups excluding carboxylic acids is 1. The average Bonchev–Trinajstić information content (AvgIpc) is 3.26. The van der Waals surface area contributed by atoms with Crippen LogP contribution in [0.5, 0.6) is 0 Å². The summed E-state index contributed by atoms with van der Waals surface area (Å²) < 4.78 is 6.83. The van der Waals surface area contributed by atoms with Crippen molar-refractivity contribution in [3.8, 4) is 0 Å². The predicted octanol–water partition coefficient (Wildman–Crippen LogP) is 8.68. The first kappa shape index (κ1) is 28.0. The van der Waals surface area contributed by atoms with E-state index >= 15 is 0 Å². The van der Waals surface area contributed by atoms with E-state index in [0.717, 1.165) is 48.8 Å². The van der Waals surface area contributed by atoms with E-state index in [4.69, 9.17) is 4.74 Å². The minimum Gasteiger partial charge on any atom is -0.441 e. The van der Waals surface area contributed by atoms with E-state index in [0.29, 0.717) is 5.56 Å². The van der Waals surface area contributed by atoms with Crippen molar-refractivity contribution in [3.05, 3.63) is 105 Å². The van der Waals surface area contributed by atoms with E-state index in [1.54, 1.807) is 0 Å². The Bertz CT molecular complexity index is 1660. The summed E-state index contributed by atoms with van der Waals surface area (Å²) in [6.07, 6.45) is 10.0. The number of rotatable bonds is 0. The molecule has 0 amide bonds. The zero-order valence-electron chi connectivity index (χ0n) is 27.0. The molecule has 0 bridgehead atoms. The van der Waals surface area contributed by atoms with Gasteiger partial charge >= 0.3 is 5.97 Å². The molecule has 3 aromatic rings. The molecule has 3 aliphatic heterocycles. The number of hydrogen-bond donors (Lipinski definition) is 0. The topological polar surface area (TPSA) is 32.8 Å². The maximum Gasteiger partial charge on any atom is 0.340 e. The number of carbonyl (C=O) groups is 1. The molecule has 7 rings (SSSR count). The van der Waals surface area contributed by atoms with Gasteiger partial charge in [0.25, 0.3) is 0 Å². The molecule has 3 heterocycles. The highest BCUT2D eigenvalue weighted by atomic mass is 16.6. The number of nitrogens with zero attached hydrogens (tertiary/aromatic N) is 2. The Balaban J connectivity index is 1.60. The molecule has 4 nitrogen and oxygen atoms in total. The van der Waals surface area contributed by atoms with E-state index < -0.39 is 5.60 Å². The molecular weight excluding hydrogens is 528 g/mol. The first-order chi connectivity index (χ1) is 20.3. The minimum absolute atomic E-state index is 0.0826. The summed E-state index contributed by atoms with van der Waals surface area (Å²) in [5, 5.41) is 0. The lowest BCUT2D eigenvalue weighted by Gasteiger charge is -2.43. The Labute approximate surface area is 257 Å². The lowest BCUT2D eigenvalue weighted by molar-refractivity contribution is 0.0246. The quantitative estimate of drug-likeness (QED) is 0.252. The van der Waals surface area contributed by atoms with Gasteiger partial charge < -0.3 is 14.5 Å². The van der Waals surface area contributed by atoms with Gasteiger partial charge in [-0.3, -0.25) is 0 Å². The van der Waals surface area contributed by atoms with Crippen LogP contribution in [0.3, 0.4) is 0 Å². The number of likely N-dealkylation sites (N-methyl/N-ethyl adjacent to an activating group) is 2. The van der Waals surface area contributed by atoms with Gasteiger partial charge in [0, 0.05) is 53.3 Å². The summed E-state index contributed by atoms with van der Waals surface area (Å²) in [5.41, 5.74) is 12.7. The van der Waals surface area contributed by atoms with Gasteiger partial charge in [-0.1, -0.05) is 36.8 Å². The third kappa shape index (κ3) is 3.98. The van der Waals surface area contributed by atoms with Crippen LogP contribution in [0, 0.1) is 0 Å². The maximum absolute atomic E-state index is 13.8. The zero-order chi connectivity index (χ0) is 30.5. The second-order valence-corrected chi connectivity index (χ2v) is 14.3. The van der Waals surface area contributed by atoms with E-state index in [1.807, 2.05) is 12.1 Å². The fourth-order valence-electron chi connectivity index (χ4n) is 8.12. The highest BCUT2D eigenvalue weighted by molar-refractivity contribution is 5.97. The molecule has 0 fully saturated rings. The van der Waals surface area contributed by atoms with Crippen LogP contribution in [0.15, 0.2) is 60.7 Å². The SMILES string of the molecule is CC1=CC(C)(C)N(C)c2cc3c(cc21)C1(OC(=O)c2ccccc21)c1cc2c(cc1CCCCC3)N(C)C(C)(C)C=C2C. The molecule has 1 spiro atoms. The van der Waals surface area contributed by atoms with Crippen LogP contribution < -0.4 is 9.80 Å². The van der Waals surface area contributed by atoms with E-state index in [-0.39, 0.29) is 17.0 Å². The Hall–Kier alpha value is -3.79. The van der Waals surface area contributed by atoms with Crippen molar-refractivity contribution in [3.63, 3.8) is 0 Å². The van der Waals surface area contributed by atoms with Crippen molar-refractivity contribution in [1.82, 2.24) is 0 Å². The van der Waals surface area contributed by atoms with Gasteiger partial charge in [-0.2, -0.15) is 0 Å². The number of aryl methyl sites for hydroxylation is 2.